The van der Waals surface area contributed by atoms with Crippen molar-refractivity contribution in [2.75, 3.05) is 5.32 Å². The van der Waals surface area contributed by atoms with Crippen molar-refractivity contribution in [3.63, 3.8) is 0 Å². The van der Waals surface area contributed by atoms with Gasteiger partial charge >= 0.3 is 12.2 Å². The molecule has 26 heavy (non-hydrogen) atoms. The molecule has 0 bridgehead atoms. The number of hydrogen-bond acceptors (Lipinski definition) is 2. The summed E-state index contributed by atoms with van der Waals surface area (Å²) in [4.78, 5) is 23.8. The summed E-state index contributed by atoms with van der Waals surface area (Å²) in [6, 6.07) is 11.8. The molecule has 0 radical (unpaired) electrons. The first-order valence-corrected chi connectivity index (χ1v) is 7.82. The van der Waals surface area contributed by atoms with Crippen molar-refractivity contribution in [3.8, 4) is 0 Å². The van der Waals surface area contributed by atoms with Gasteiger partial charge in [0.2, 0.25) is 5.91 Å². The Hall–Kier alpha value is -3.03. The maximum atomic E-state index is 12.5. The summed E-state index contributed by atoms with van der Waals surface area (Å²) < 4.78 is 37.5. The van der Waals surface area contributed by atoms with E-state index < -0.39 is 23.8 Å². The van der Waals surface area contributed by atoms with E-state index >= 15 is 0 Å². The monoisotopic (exact) mass is 365 g/mol. The predicted molar refractivity (Wildman–Crippen MR) is 91.3 cm³/mol. The molecule has 0 fully saturated rings. The van der Waals surface area contributed by atoms with Crippen LogP contribution in [-0.2, 0) is 17.5 Å². The minimum absolute atomic E-state index is 0.187. The molecule has 8 heteroatoms. The van der Waals surface area contributed by atoms with E-state index in [4.69, 9.17) is 0 Å². The van der Waals surface area contributed by atoms with Gasteiger partial charge in [-0.1, -0.05) is 30.3 Å². The van der Waals surface area contributed by atoms with Gasteiger partial charge in [-0.2, -0.15) is 13.2 Å². The summed E-state index contributed by atoms with van der Waals surface area (Å²) in [5, 5.41) is 7.49. The summed E-state index contributed by atoms with van der Waals surface area (Å²) in [6.07, 6.45) is -4.44. The number of carbonyl (C=O) groups is 2. The number of amides is 3. The van der Waals surface area contributed by atoms with Gasteiger partial charge in [-0.05, 0) is 36.8 Å². The number of rotatable bonds is 5. The highest BCUT2D eigenvalue weighted by Gasteiger charge is 2.30. The molecule has 0 heterocycles. The van der Waals surface area contributed by atoms with E-state index in [0.717, 1.165) is 29.8 Å². The van der Waals surface area contributed by atoms with E-state index in [9.17, 15) is 22.8 Å². The van der Waals surface area contributed by atoms with Crippen LogP contribution in [0.4, 0.5) is 23.7 Å². The number of anilines is 1. The van der Waals surface area contributed by atoms with E-state index in [1.165, 1.54) is 6.92 Å². The molecule has 138 valence electrons. The Morgan fingerprint density at radius 1 is 1.00 bits per heavy atom. The Kier molecular flexibility index (Phi) is 6.21. The minimum atomic E-state index is -4.44. The second kappa shape index (κ2) is 8.37. The lowest BCUT2D eigenvalue weighted by Gasteiger charge is -2.15. The van der Waals surface area contributed by atoms with Crippen molar-refractivity contribution >= 4 is 17.6 Å². The Morgan fingerprint density at radius 3 is 2.19 bits per heavy atom. The molecule has 0 aliphatic carbocycles. The third-order valence-electron chi connectivity index (χ3n) is 3.52. The highest BCUT2D eigenvalue weighted by atomic mass is 19.4. The van der Waals surface area contributed by atoms with Crippen molar-refractivity contribution in [1.29, 1.82) is 0 Å². The third-order valence-corrected chi connectivity index (χ3v) is 3.52. The summed E-state index contributed by atoms with van der Waals surface area (Å²) in [6.45, 7) is 1.83. The molecule has 2 rings (SSSR count). The van der Waals surface area contributed by atoms with Gasteiger partial charge in [0.15, 0.2) is 0 Å². The molecule has 0 saturated carbocycles. The van der Waals surface area contributed by atoms with Crippen molar-refractivity contribution in [2.24, 2.45) is 0 Å². The van der Waals surface area contributed by atoms with Crippen LogP contribution in [0.3, 0.4) is 0 Å². The van der Waals surface area contributed by atoms with Crippen LogP contribution in [0.25, 0.3) is 0 Å². The zero-order valence-electron chi connectivity index (χ0n) is 13.9. The van der Waals surface area contributed by atoms with Gasteiger partial charge in [0.05, 0.1) is 5.56 Å². The SMILES string of the molecule is C[C@@H](NC(=O)Nc1ccc(C(F)(F)F)cc1)C(=O)NCc1ccccc1. The number of nitrogens with one attached hydrogen (secondary N) is 3. The van der Waals surface area contributed by atoms with Gasteiger partial charge in [-0.25, -0.2) is 4.79 Å². The van der Waals surface area contributed by atoms with Gasteiger partial charge in [-0.15, -0.1) is 0 Å². The largest absolute Gasteiger partial charge is 0.416 e. The van der Waals surface area contributed by atoms with Crippen LogP contribution in [0.2, 0.25) is 0 Å². The van der Waals surface area contributed by atoms with Crippen molar-refractivity contribution in [3.05, 3.63) is 65.7 Å². The molecule has 3 N–H and O–H groups in total. The van der Waals surface area contributed by atoms with Crippen LogP contribution in [-0.4, -0.2) is 18.0 Å². The van der Waals surface area contributed by atoms with Gasteiger partial charge in [0.1, 0.15) is 6.04 Å². The topological polar surface area (TPSA) is 70.2 Å². The quantitative estimate of drug-likeness (QED) is 0.759. The van der Waals surface area contributed by atoms with Gasteiger partial charge in [0, 0.05) is 12.2 Å². The summed E-state index contributed by atoms with van der Waals surface area (Å²) in [5.41, 5.74) is 0.298. The smallest absolute Gasteiger partial charge is 0.350 e. The van der Waals surface area contributed by atoms with Crippen molar-refractivity contribution in [2.45, 2.75) is 25.7 Å². The van der Waals surface area contributed by atoms with Crippen molar-refractivity contribution < 1.29 is 22.8 Å². The third kappa shape index (κ3) is 5.80. The molecule has 0 aliphatic rings. The Bertz CT molecular complexity index is 747. The lowest BCUT2D eigenvalue weighted by molar-refractivity contribution is -0.137. The predicted octanol–water partition coefficient (Wildman–Crippen LogP) is 3.53. The second-order valence-corrected chi connectivity index (χ2v) is 5.60. The minimum Gasteiger partial charge on any atom is -0.350 e. The molecular weight excluding hydrogens is 347 g/mol. The summed E-state index contributed by atoms with van der Waals surface area (Å²) in [7, 11) is 0. The standard InChI is InChI=1S/C18H18F3N3O2/c1-12(16(25)22-11-13-5-3-2-4-6-13)23-17(26)24-15-9-7-14(8-10-15)18(19,20)21/h2-10,12H,11H2,1H3,(H,22,25)(H2,23,24,26)/t12-/m1/s1. The maximum absolute atomic E-state index is 12.5. The molecule has 2 aromatic carbocycles. The zero-order valence-corrected chi connectivity index (χ0v) is 13.9. The number of halogens is 3. The number of carbonyl (C=O) groups excluding carboxylic acids is 2. The normalized spacial score (nSPS) is 12.2. The highest BCUT2D eigenvalue weighted by Crippen LogP contribution is 2.29. The Morgan fingerprint density at radius 2 is 1.62 bits per heavy atom. The molecule has 0 saturated heterocycles. The number of urea groups is 1. The second-order valence-electron chi connectivity index (χ2n) is 5.60. The fourth-order valence-electron chi connectivity index (χ4n) is 2.11. The number of hydrogen-bond donors (Lipinski definition) is 3. The fraction of sp³-hybridized carbons (Fsp3) is 0.222. The number of benzene rings is 2. The van der Waals surface area contributed by atoms with Gasteiger partial charge in [-0.3, -0.25) is 4.79 Å². The molecule has 5 nitrogen and oxygen atoms in total. The van der Waals surface area contributed by atoms with Crippen molar-refractivity contribution in [1.82, 2.24) is 10.6 Å². The molecule has 0 unspecified atom stereocenters. The fourth-order valence-corrected chi connectivity index (χ4v) is 2.11. The van der Waals surface area contributed by atoms with E-state index in [0.29, 0.717) is 6.54 Å². The van der Waals surface area contributed by atoms with Crippen LogP contribution in [0, 0.1) is 0 Å². The average Bonchev–Trinajstić information content (AvgIpc) is 2.60. The van der Waals surface area contributed by atoms with Crippen LogP contribution in [0.5, 0.6) is 0 Å². The Balaban J connectivity index is 1.81. The van der Waals surface area contributed by atoms with Crippen LogP contribution in [0.1, 0.15) is 18.1 Å². The van der Waals surface area contributed by atoms with Crippen LogP contribution in [0.15, 0.2) is 54.6 Å². The first kappa shape index (κ1) is 19.3. The molecule has 2 aromatic rings. The molecule has 1 atom stereocenters. The van der Waals surface area contributed by atoms with Crippen LogP contribution >= 0.6 is 0 Å². The summed E-state index contributed by atoms with van der Waals surface area (Å²) in [5.74, 6) is -0.378. The first-order valence-electron chi connectivity index (χ1n) is 7.82. The van der Waals surface area contributed by atoms with Gasteiger partial charge < -0.3 is 16.0 Å². The van der Waals surface area contributed by atoms with E-state index in [1.54, 1.807) is 0 Å². The maximum Gasteiger partial charge on any atom is 0.416 e. The Labute approximate surface area is 148 Å². The highest BCUT2D eigenvalue weighted by molar-refractivity contribution is 5.93. The van der Waals surface area contributed by atoms with E-state index in [2.05, 4.69) is 16.0 Å². The molecule has 0 spiro atoms. The summed E-state index contributed by atoms with van der Waals surface area (Å²) >= 11 is 0. The average molecular weight is 365 g/mol. The molecular formula is C18H18F3N3O2. The lowest BCUT2D eigenvalue weighted by atomic mass is 10.2. The lowest BCUT2D eigenvalue weighted by Crippen LogP contribution is -2.46. The zero-order chi connectivity index (χ0) is 19.2. The van der Waals surface area contributed by atoms with Gasteiger partial charge in [0.25, 0.3) is 0 Å². The van der Waals surface area contributed by atoms with E-state index in [1.807, 2.05) is 30.3 Å². The van der Waals surface area contributed by atoms with Crippen LogP contribution < -0.4 is 16.0 Å². The van der Waals surface area contributed by atoms with E-state index in [-0.39, 0.29) is 11.6 Å². The molecule has 0 aliphatic heterocycles. The number of alkyl halides is 3. The first-order chi connectivity index (χ1) is 12.3. The molecule has 0 aromatic heterocycles. The molecule has 3 amide bonds.